The second-order valence-electron chi connectivity index (χ2n) is 5.71. The highest BCUT2D eigenvalue weighted by molar-refractivity contribution is 7.86. The number of nitrogens with zero attached hydrogens (tertiary/aromatic N) is 1. The number of hydrogen-bond acceptors (Lipinski definition) is 4. The third-order valence-corrected chi connectivity index (χ3v) is 11.1. The number of rotatable bonds is 6. The summed E-state index contributed by atoms with van der Waals surface area (Å²) < 4.78 is 99.2. The molecule has 31 heavy (non-hydrogen) atoms. The predicted molar refractivity (Wildman–Crippen MR) is 89.9 cm³/mol. The average Bonchev–Trinajstić information content (AvgIpc) is 2.75. The molecule has 1 radical (unpaired) electrons. The monoisotopic (exact) mass is 574 g/mol. The highest BCUT2D eigenvalue weighted by Gasteiger charge is 2.43. The molecule has 0 spiro atoms. The van der Waals surface area contributed by atoms with Crippen LogP contribution < -0.4 is 20.2 Å². The maximum Gasteiger partial charge on any atom is 0.342 e. The van der Waals surface area contributed by atoms with Gasteiger partial charge in [-0.25, -0.2) is 27.2 Å². The van der Waals surface area contributed by atoms with Crippen molar-refractivity contribution in [3.8, 4) is 0 Å². The van der Waals surface area contributed by atoms with Crippen LogP contribution in [0.1, 0.15) is 0 Å². The van der Waals surface area contributed by atoms with E-state index in [4.69, 9.17) is 7.72 Å². The van der Waals surface area contributed by atoms with Crippen molar-refractivity contribution in [2.45, 2.75) is 4.90 Å². The third kappa shape index (κ3) is 4.52. The molecule has 13 heteroatoms. The lowest BCUT2D eigenvalue weighted by Gasteiger charge is -2.09. The minimum Gasteiger partial charge on any atom is -0.241 e. The fraction of sp³-hybridized carbons (Fsp3) is 0. The summed E-state index contributed by atoms with van der Waals surface area (Å²) >= 11 is -3.57. The first-order valence-corrected chi connectivity index (χ1v) is 12.5. The van der Waals surface area contributed by atoms with E-state index in [-0.39, 0.29) is 9.26 Å². The molecule has 0 heterocycles. The molecule has 3 rings (SSSR count). The Hall–Kier alpha value is -2.65. The maximum atomic E-state index is 14.1. The standard InChI is InChI=1S/C18H10F5INO5S/c19-13-14(20)16(22)18(17(23)15(13)21)31(28,29)30-24(10-4-2-1-3-5-10)11-6-8-12(9-7-11)25(26)27/h1-9H,(H,26,27)/q+2. The van der Waals surface area contributed by atoms with Crippen LogP contribution in [0.3, 0.4) is 0 Å². The lowest BCUT2D eigenvalue weighted by Crippen LogP contribution is -3.85. The van der Waals surface area contributed by atoms with E-state index in [0.717, 1.165) is 12.1 Å². The lowest BCUT2D eigenvalue weighted by atomic mass is 10.3. The van der Waals surface area contributed by atoms with Crippen molar-refractivity contribution in [2.24, 2.45) is 0 Å². The molecular weight excluding hydrogens is 564 g/mol. The van der Waals surface area contributed by atoms with E-state index >= 15 is 0 Å². The van der Waals surface area contributed by atoms with E-state index in [9.17, 15) is 35.3 Å². The van der Waals surface area contributed by atoms with Crippen LogP contribution >= 0.6 is 0 Å². The SMILES string of the molecule is O=[N+](O)c1ccc([I+](OS(=O)(=O)c2c(F)c(F)c(F)c(F)c2F)c2ccccc2)cc1. The first-order chi connectivity index (χ1) is 14.5. The van der Waals surface area contributed by atoms with Gasteiger partial charge in [-0.15, -0.1) is 0 Å². The van der Waals surface area contributed by atoms with E-state index in [1.807, 2.05) is 0 Å². The lowest BCUT2D eigenvalue weighted by molar-refractivity contribution is -1.03. The highest BCUT2D eigenvalue weighted by Crippen LogP contribution is 2.27. The summed E-state index contributed by atoms with van der Waals surface area (Å²) in [5.74, 6) is -12.4. The number of hydrogen-bond donors (Lipinski definition) is 1. The minimum atomic E-state index is -5.45. The largest absolute Gasteiger partial charge is 0.342 e. The summed E-state index contributed by atoms with van der Waals surface area (Å²) in [6, 6.07) is 12.3. The van der Waals surface area contributed by atoms with Gasteiger partial charge in [0.15, 0.2) is 35.3 Å². The number of halogens is 6. The quantitative estimate of drug-likeness (QED) is 0.157. The van der Waals surface area contributed by atoms with Crippen molar-refractivity contribution in [2.75, 3.05) is 0 Å². The number of benzene rings is 3. The molecule has 0 unspecified atom stereocenters. The summed E-state index contributed by atoms with van der Waals surface area (Å²) in [5, 5.41) is 8.92. The van der Waals surface area contributed by atoms with Gasteiger partial charge in [0.25, 0.3) is 4.92 Å². The molecule has 3 aromatic rings. The van der Waals surface area contributed by atoms with E-state index in [2.05, 4.69) is 0 Å². The molecule has 0 aromatic heterocycles. The van der Waals surface area contributed by atoms with Gasteiger partial charge in [0, 0.05) is 12.1 Å². The second kappa shape index (κ2) is 8.84. The van der Waals surface area contributed by atoms with Crippen molar-refractivity contribution >= 4 is 15.8 Å². The van der Waals surface area contributed by atoms with Gasteiger partial charge in [-0.1, -0.05) is 18.2 Å². The Morgan fingerprint density at radius 1 is 0.742 bits per heavy atom. The fourth-order valence-corrected chi connectivity index (χ4v) is 9.33. The molecule has 6 nitrogen and oxygen atoms in total. The van der Waals surface area contributed by atoms with Crippen molar-refractivity contribution < 1.29 is 63.2 Å². The maximum absolute atomic E-state index is 14.1. The van der Waals surface area contributed by atoms with Crippen molar-refractivity contribution in [3.05, 3.63) is 95.7 Å². The Morgan fingerprint density at radius 3 is 1.68 bits per heavy atom. The zero-order chi connectivity index (χ0) is 22.9. The van der Waals surface area contributed by atoms with Gasteiger partial charge < -0.3 is 0 Å². The Morgan fingerprint density at radius 2 is 1.19 bits per heavy atom. The zero-order valence-electron chi connectivity index (χ0n) is 14.9. The molecule has 0 amide bonds. The summed E-state index contributed by atoms with van der Waals surface area (Å²) in [6.07, 6.45) is 0. The summed E-state index contributed by atoms with van der Waals surface area (Å²) in [5.41, 5.74) is -0.199. The Kier molecular flexibility index (Phi) is 6.56. The van der Waals surface area contributed by atoms with Crippen LogP contribution in [0.25, 0.3) is 0 Å². The molecule has 1 N–H and O–H groups in total. The molecule has 0 atom stereocenters. The van der Waals surface area contributed by atoms with Crippen LogP contribution in [-0.4, -0.2) is 18.5 Å². The smallest absolute Gasteiger partial charge is 0.241 e. The van der Waals surface area contributed by atoms with Gasteiger partial charge in [-0.3, -0.25) is 0 Å². The van der Waals surface area contributed by atoms with Crippen LogP contribution in [0, 0.1) is 41.1 Å². The molecule has 163 valence electrons. The first kappa shape index (κ1) is 23.0. The van der Waals surface area contributed by atoms with Crippen LogP contribution in [0.5, 0.6) is 0 Å². The van der Waals surface area contributed by atoms with Gasteiger partial charge in [0.05, 0.1) is 4.91 Å². The molecule has 0 bridgehead atoms. The molecule has 3 aromatic carbocycles. The Labute approximate surface area is 179 Å². The highest BCUT2D eigenvalue weighted by atomic mass is 127. The molecule has 0 saturated heterocycles. The van der Waals surface area contributed by atoms with Gasteiger partial charge >= 0.3 is 36.0 Å². The van der Waals surface area contributed by atoms with Gasteiger partial charge in [0.2, 0.25) is 5.82 Å². The van der Waals surface area contributed by atoms with Gasteiger partial charge in [-0.2, -0.15) is 8.42 Å². The molecular formula is C18H10F5INO5S+2. The summed E-state index contributed by atoms with van der Waals surface area (Å²) in [6.45, 7) is 0. The van der Waals surface area contributed by atoms with Gasteiger partial charge in [-0.05, 0) is 26.8 Å². The fourth-order valence-electron chi connectivity index (χ4n) is 2.33. The Bertz CT molecular complexity index is 1230. The Balaban J connectivity index is 2.13. The summed E-state index contributed by atoms with van der Waals surface area (Å²) in [7, 11) is -5.45. The third-order valence-electron chi connectivity index (χ3n) is 3.74. The van der Waals surface area contributed by atoms with Crippen molar-refractivity contribution in [1.29, 1.82) is 0 Å². The molecule has 0 aliphatic carbocycles. The van der Waals surface area contributed by atoms with Crippen LogP contribution in [0.4, 0.5) is 27.6 Å². The van der Waals surface area contributed by atoms with Crippen molar-refractivity contribution in [1.82, 2.24) is 0 Å². The van der Waals surface area contributed by atoms with E-state index < -0.39 is 69.3 Å². The van der Waals surface area contributed by atoms with Crippen LogP contribution in [-0.2, 0) is 12.6 Å². The molecule has 0 saturated carbocycles. The molecule has 0 aliphatic rings. The van der Waals surface area contributed by atoms with E-state index in [1.165, 1.54) is 36.4 Å². The summed E-state index contributed by atoms with van der Waals surface area (Å²) in [4.78, 5) is 8.40. The minimum absolute atomic E-state index is 0.188. The van der Waals surface area contributed by atoms with Crippen molar-refractivity contribution in [3.63, 3.8) is 0 Å². The van der Waals surface area contributed by atoms with Crippen LogP contribution in [0.2, 0.25) is 0 Å². The zero-order valence-corrected chi connectivity index (χ0v) is 17.9. The topological polar surface area (TPSA) is 83.7 Å². The van der Waals surface area contributed by atoms with Gasteiger partial charge in [0.1, 0.15) is 0 Å². The second-order valence-corrected chi connectivity index (χ2v) is 12.1. The van der Waals surface area contributed by atoms with E-state index in [0.29, 0.717) is 3.57 Å². The normalized spacial score (nSPS) is 11.7. The van der Waals surface area contributed by atoms with E-state index in [1.54, 1.807) is 6.07 Å². The van der Waals surface area contributed by atoms with Crippen LogP contribution in [0.15, 0.2) is 59.5 Å². The first-order valence-electron chi connectivity index (χ1n) is 8.02. The average molecular weight is 574 g/mol. The molecule has 0 fully saturated rings. The molecule has 0 aliphatic heterocycles. The predicted octanol–water partition coefficient (Wildman–Crippen LogP) is 1.17.